The molecule has 0 saturated carbocycles. The Labute approximate surface area is 95.9 Å². The fraction of sp³-hybridized carbons (Fsp3) is 0.875. The molecule has 76 valence electrons. The van der Waals surface area contributed by atoms with E-state index in [1.807, 2.05) is 12.5 Å². The van der Waals surface area contributed by atoms with Gasteiger partial charge in [-0.3, -0.25) is 0 Å². The predicted molar refractivity (Wildman–Crippen MR) is 58.1 cm³/mol. The van der Waals surface area contributed by atoms with Crippen molar-refractivity contribution in [1.29, 1.82) is 0 Å². The maximum absolute atomic E-state index is 11.5. The van der Waals surface area contributed by atoms with E-state index in [9.17, 15) is 4.21 Å². The molecule has 0 N–H and O–H groups in total. The van der Waals surface area contributed by atoms with Crippen LogP contribution in [0.4, 0.5) is 0 Å². The zero-order valence-electron chi connectivity index (χ0n) is 8.63. The third-order valence-corrected chi connectivity index (χ3v) is 8.91. The maximum atomic E-state index is 11.5. The highest BCUT2D eigenvalue weighted by Crippen LogP contribution is 2.59. The van der Waals surface area contributed by atoms with Crippen molar-refractivity contribution in [3.8, 4) is 0 Å². The molecular formula is C8H20IOPS. The molecule has 0 rings (SSSR count). The van der Waals surface area contributed by atoms with Gasteiger partial charge in [-0.05, 0) is 23.8 Å². The van der Waals surface area contributed by atoms with Crippen LogP contribution >= 0.6 is 7.26 Å². The molecule has 0 unspecified atom stereocenters. The Balaban J connectivity index is 0. The van der Waals surface area contributed by atoms with Gasteiger partial charge in [0, 0.05) is 24.5 Å². The summed E-state index contributed by atoms with van der Waals surface area (Å²) < 4.78 is 11.5. The van der Waals surface area contributed by atoms with Crippen LogP contribution in [0.3, 0.4) is 0 Å². The summed E-state index contributed by atoms with van der Waals surface area (Å²) in [7, 11) is -2.58. The van der Waals surface area contributed by atoms with Crippen LogP contribution in [0.25, 0.3) is 0 Å². The lowest BCUT2D eigenvalue weighted by atomic mass is 11.0. The first-order valence-corrected chi connectivity index (χ1v) is 9.08. The molecule has 0 aliphatic rings. The number of hydrogen-bond acceptors (Lipinski definition) is 1. The maximum Gasteiger partial charge on any atom is 0.0775 e. The van der Waals surface area contributed by atoms with E-state index in [1.165, 1.54) is 12.3 Å². The Morgan fingerprint density at radius 3 is 1.67 bits per heavy atom. The number of halogens is 1. The first-order valence-electron chi connectivity index (χ1n) is 3.97. The highest BCUT2D eigenvalue weighted by atomic mass is 127. The van der Waals surface area contributed by atoms with Gasteiger partial charge < -0.3 is 24.0 Å². The Bertz CT molecular complexity index is 162. The summed E-state index contributed by atoms with van der Waals surface area (Å²) in [6.45, 7) is 6.66. The predicted octanol–water partition coefficient (Wildman–Crippen LogP) is -0.444. The lowest BCUT2D eigenvalue weighted by molar-refractivity contribution is -0.00000416. The molecule has 0 radical (unpaired) electrons. The molecule has 1 nitrogen and oxygen atoms in total. The topological polar surface area (TPSA) is 17.1 Å². The van der Waals surface area contributed by atoms with E-state index in [0.29, 0.717) is 0 Å². The monoisotopic (exact) mass is 322 g/mol. The van der Waals surface area contributed by atoms with Crippen molar-refractivity contribution in [3.63, 3.8) is 0 Å². The van der Waals surface area contributed by atoms with E-state index >= 15 is 0 Å². The largest absolute Gasteiger partial charge is 1.00 e. The van der Waals surface area contributed by atoms with Crippen LogP contribution in [0.1, 0.15) is 13.8 Å². The standard InChI is InChI=1S/C8H20OPS.HI/c1-6-10(3,7-2)8-11(4,5)9;/h8H,6-7H2,1-5H3;1H/q+1;/p-1. The van der Waals surface area contributed by atoms with Gasteiger partial charge in [0.1, 0.15) is 0 Å². The highest BCUT2D eigenvalue weighted by molar-refractivity contribution is 8.11. The smallest absolute Gasteiger partial charge is 0.0775 e. The van der Waals surface area contributed by atoms with Crippen molar-refractivity contribution >= 4 is 17.2 Å². The van der Waals surface area contributed by atoms with E-state index in [-0.39, 0.29) is 24.0 Å². The molecule has 0 aromatic carbocycles. The van der Waals surface area contributed by atoms with Crippen LogP contribution in [0.15, 0.2) is 0 Å². The molecule has 4 heteroatoms. The molecule has 12 heavy (non-hydrogen) atoms. The summed E-state index contributed by atoms with van der Waals surface area (Å²) in [6, 6.07) is 0. The van der Waals surface area contributed by atoms with Crippen LogP contribution < -0.4 is 24.0 Å². The zero-order valence-corrected chi connectivity index (χ0v) is 12.5. The Kier molecular flexibility index (Phi) is 7.78. The molecule has 0 spiro atoms. The van der Waals surface area contributed by atoms with Gasteiger partial charge in [-0.2, -0.15) is 0 Å². The second-order valence-corrected chi connectivity index (χ2v) is 11.2. The zero-order chi connectivity index (χ0) is 9.12. The molecule has 0 saturated heterocycles. The minimum atomic E-state index is -1.63. The van der Waals surface area contributed by atoms with Crippen molar-refractivity contribution in [2.24, 2.45) is 0 Å². The quantitative estimate of drug-likeness (QED) is 0.297. The first kappa shape index (κ1) is 15.8. The average molecular weight is 322 g/mol. The van der Waals surface area contributed by atoms with Crippen LogP contribution in [0.2, 0.25) is 0 Å². The molecule has 0 atom stereocenters. The molecule has 0 aliphatic carbocycles. The molecule has 0 aliphatic heterocycles. The average Bonchev–Trinajstić information content (AvgIpc) is 1.84. The highest BCUT2D eigenvalue weighted by Gasteiger charge is 2.26. The summed E-state index contributed by atoms with van der Waals surface area (Å²) in [4.78, 5) is 0. The van der Waals surface area contributed by atoms with E-state index in [0.717, 1.165) is 0 Å². The van der Waals surface area contributed by atoms with Crippen molar-refractivity contribution in [2.75, 3.05) is 31.5 Å². The van der Waals surface area contributed by atoms with Gasteiger partial charge in [0.2, 0.25) is 0 Å². The minimum Gasteiger partial charge on any atom is -1.00 e. The van der Waals surface area contributed by atoms with Crippen LogP contribution in [0.5, 0.6) is 0 Å². The van der Waals surface area contributed by atoms with E-state index in [4.69, 9.17) is 0 Å². The summed E-state index contributed by atoms with van der Waals surface area (Å²) in [5.74, 6) is 0. The van der Waals surface area contributed by atoms with Gasteiger partial charge in [-0.1, -0.05) is 7.26 Å². The van der Waals surface area contributed by atoms with Gasteiger partial charge >= 0.3 is 0 Å². The van der Waals surface area contributed by atoms with E-state index in [2.05, 4.69) is 26.0 Å². The van der Waals surface area contributed by atoms with Crippen LogP contribution in [0, 0.1) is 5.49 Å². The van der Waals surface area contributed by atoms with Crippen LogP contribution in [-0.2, 0) is 14.1 Å². The van der Waals surface area contributed by atoms with Crippen molar-refractivity contribution in [2.45, 2.75) is 13.8 Å². The minimum absolute atomic E-state index is 0. The molecule has 0 aromatic heterocycles. The summed E-state index contributed by atoms with van der Waals surface area (Å²) >= 11 is 0. The van der Waals surface area contributed by atoms with Crippen molar-refractivity contribution in [1.82, 2.24) is 0 Å². The third-order valence-electron chi connectivity index (χ3n) is 1.95. The summed E-state index contributed by atoms with van der Waals surface area (Å²) in [6.07, 6.45) is 6.03. The Hall–Kier alpha value is 1.31. The van der Waals surface area contributed by atoms with Crippen molar-refractivity contribution < 1.29 is 28.2 Å². The van der Waals surface area contributed by atoms with Gasteiger partial charge in [-0.15, -0.1) is 4.21 Å². The van der Waals surface area contributed by atoms with E-state index in [1.54, 1.807) is 0 Å². The Morgan fingerprint density at radius 2 is 1.58 bits per heavy atom. The molecule has 0 fully saturated rings. The Morgan fingerprint density at radius 1 is 1.25 bits per heavy atom. The summed E-state index contributed by atoms with van der Waals surface area (Å²) in [5, 5.41) is 0. The fourth-order valence-electron chi connectivity index (χ4n) is 0.986. The molecule has 0 bridgehead atoms. The van der Waals surface area contributed by atoms with Crippen LogP contribution in [-0.4, -0.2) is 31.5 Å². The number of rotatable bonds is 4. The van der Waals surface area contributed by atoms with Gasteiger partial charge in [0.25, 0.3) is 0 Å². The lowest BCUT2D eigenvalue weighted by Gasteiger charge is -2.27. The van der Waals surface area contributed by atoms with E-state index < -0.39 is 17.2 Å². The van der Waals surface area contributed by atoms with Crippen molar-refractivity contribution in [3.05, 3.63) is 5.49 Å². The molecule has 0 amide bonds. The lowest BCUT2D eigenvalue weighted by Crippen LogP contribution is -3.00. The van der Waals surface area contributed by atoms with Gasteiger partial charge in [0.15, 0.2) is 0 Å². The molecule has 0 heterocycles. The second kappa shape index (κ2) is 5.92. The molecule has 0 aromatic rings. The van der Waals surface area contributed by atoms with Gasteiger partial charge in [-0.25, -0.2) is 0 Å². The summed E-state index contributed by atoms with van der Waals surface area (Å²) in [5.41, 5.74) is 2.12. The SMILES string of the molecule is CC[P+](C)([CH-][S+](C)(C)=O)CC.[I-]. The third kappa shape index (κ3) is 6.79. The second-order valence-electron chi connectivity index (χ2n) is 3.53. The fourth-order valence-corrected chi connectivity index (χ4v) is 7.53. The first-order chi connectivity index (χ1) is 4.83. The molecular weight excluding hydrogens is 302 g/mol. The van der Waals surface area contributed by atoms with Gasteiger partial charge in [0.05, 0.1) is 12.5 Å². The normalized spacial score (nSPS) is 12.4. The number of hydrogen-bond donors (Lipinski definition) is 0.